The maximum absolute atomic E-state index is 13.0. The van der Waals surface area contributed by atoms with Crippen LogP contribution in [0, 0.1) is 20.8 Å². The molecule has 25 heavy (non-hydrogen) atoms. The SMILES string of the molecule is Cc1cc(C)c(S(=O)(=O)N2CCN(C(=O)c3ccco3)CC2)c(C)c1. The van der Waals surface area contributed by atoms with Gasteiger partial charge in [0, 0.05) is 26.2 Å². The van der Waals surface area contributed by atoms with E-state index < -0.39 is 10.0 Å². The number of amides is 1. The van der Waals surface area contributed by atoms with Crippen LogP contribution in [0.25, 0.3) is 0 Å². The van der Waals surface area contributed by atoms with Gasteiger partial charge in [-0.1, -0.05) is 17.7 Å². The van der Waals surface area contributed by atoms with Crippen molar-refractivity contribution in [2.75, 3.05) is 26.2 Å². The molecule has 0 unspecified atom stereocenters. The van der Waals surface area contributed by atoms with Gasteiger partial charge in [-0.05, 0) is 44.0 Å². The number of aryl methyl sites for hydroxylation is 3. The highest BCUT2D eigenvalue weighted by Gasteiger charge is 2.32. The summed E-state index contributed by atoms with van der Waals surface area (Å²) in [4.78, 5) is 14.3. The Balaban J connectivity index is 1.77. The number of nitrogens with zero attached hydrogens (tertiary/aromatic N) is 2. The Bertz CT molecular complexity index is 857. The minimum atomic E-state index is -3.57. The minimum absolute atomic E-state index is 0.204. The summed E-state index contributed by atoms with van der Waals surface area (Å²) >= 11 is 0. The van der Waals surface area contributed by atoms with E-state index in [0.717, 1.165) is 16.7 Å². The molecule has 1 aromatic heterocycles. The van der Waals surface area contributed by atoms with Crippen molar-refractivity contribution in [3.8, 4) is 0 Å². The third-order valence-corrected chi connectivity index (χ3v) is 6.67. The molecule has 1 saturated heterocycles. The maximum atomic E-state index is 13.0. The van der Waals surface area contributed by atoms with Gasteiger partial charge in [0.1, 0.15) is 0 Å². The van der Waals surface area contributed by atoms with Crippen molar-refractivity contribution >= 4 is 15.9 Å². The summed E-state index contributed by atoms with van der Waals surface area (Å²) in [6.07, 6.45) is 1.46. The summed E-state index contributed by atoms with van der Waals surface area (Å²) in [7, 11) is -3.57. The Hall–Kier alpha value is -2.12. The third-order valence-electron chi connectivity index (χ3n) is 4.46. The summed E-state index contributed by atoms with van der Waals surface area (Å²) in [6.45, 7) is 6.86. The second kappa shape index (κ2) is 6.65. The Morgan fingerprint density at radius 1 is 1.04 bits per heavy atom. The first kappa shape index (κ1) is 17.7. The van der Waals surface area contributed by atoms with Gasteiger partial charge in [-0.3, -0.25) is 4.79 Å². The average Bonchev–Trinajstić information content (AvgIpc) is 3.07. The van der Waals surface area contributed by atoms with Crippen LogP contribution in [0.3, 0.4) is 0 Å². The monoisotopic (exact) mass is 362 g/mol. The van der Waals surface area contributed by atoms with E-state index >= 15 is 0 Å². The van der Waals surface area contributed by atoms with Gasteiger partial charge < -0.3 is 9.32 Å². The van der Waals surface area contributed by atoms with Crippen molar-refractivity contribution in [3.63, 3.8) is 0 Å². The largest absolute Gasteiger partial charge is 0.459 e. The van der Waals surface area contributed by atoms with Crippen molar-refractivity contribution in [3.05, 3.63) is 53.0 Å². The van der Waals surface area contributed by atoms with Crippen LogP contribution in [-0.4, -0.2) is 49.7 Å². The normalized spacial score (nSPS) is 16.2. The van der Waals surface area contributed by atoms with Gasteiger partial charge in [-0.25, -0.2) is 8.42 Å². The lowest BCUT2D eigenvalue weighted by Gasteiger charge is -2.34. The van der Waals surface area contributed by atoms with Crippen LogP contribution < -0.4 is 0 Å². The van der Waals surface area contributed by atoms with Crippen molar-refractivity contribution in [2.24, 2.45) is 0 Å². The number of piperazine rings is 1. The zero-order chi connectivity index (χ0) is 18.2. The minimum Gasteiger partial charge on any atom is -0.459 e. The molecule has 0 saturated carbocycles. The van der Waals surface area contributed by atoms with Crippen LogP contribution >= 0.6 is 0 Å². The Morgan fingerprint density at radius 2 is 1.64 bits per heavy atom. The molecule has 0 atom stereocenters. The van der Waals surface area contributed by atoms with E-state index in [4.69, 9.17) is 4.42 Å². The zero-order valence-electron chi connectivity index (χ0n) is 14.7. The molecule has 1 fully saturated rings. The van der Waals surface area contributed by atoms with Crippen LogP contribution in [0.5, 0.6) is 0 Å². The van der Waals surface area contributed by atoms with Crippen LogP contribution in [0.4, 0.5) is 0 Å². The first-order valence-electron chi connectivity index (χ1n) is 8.21. The van der Waals surface area contributed by atoms with E-state index in [0.29, 0.717) is 18.0 Å². The highest BCUT2D eigenvalue weighted by atomic mass is 32.2. The van der Waals surface area contributed by atoms with Gasteiger partial charge in [-0.2, -0.15) is 4.31 Å². The van der Waals surface area contributed by atoms with Crippen LogP contribution in [-0.2, 0) is 10.0 Å². The van der Waals surface area contributed by atoms with E-state index in [2.05, 4.69) is 0 Å². The maximum Gasteiger partial charge on any atom is 0.289 e. The summed E-state index contributed by atoms with van der Waals surface area (Å²) < 4.78 is 32.7. The predicted octanol–water partition coefficient (Wildman–Crippen LogP) is 2.35. The third kappa shape index (κ3) is 3.34. The summed E-state index contributed by atoms with van der Waals surface area (Å²) in [5.74, 6) is 0.0753. The second-order valence-electron chi connectivity index (χ2n) is 6.40. The first-order chi connectivity index (χ1) is 11.8. The standard InChI is InChI=1S/C18H22N2O4S/c1-13-11-14(2)17(15(3)12-13)25(22,23)20-8-6-19(7-9-20)18(21)16-5-4-10-24-16/h4-5,10-12H,6-9H2,1-3H3. The number of hydrogen-bond acceptors (Lipinski definition) is 4. The van der Waals surface area contributed by atoms with Crippen LogP contribution in [0.15, 0.2) is 39.8 Å². The number of hydrogen-bond donors (Lipinski definition) is 0. The first-order valence-corrected chi connectivity index (χ1v) is 9.65. The van der Waals surface area contributed by atoms with E-state index in [9.17, 15) is 13.2 Å². The van der Waals surface area contributed by atoms with Crippen molar-refractivity contribution in [2.45, 2.75) is 25.7 Å². The van der Waals surface area contributed by atoms with Gasteiger partial charge >= 0.3 is 0 Å². The molecule has 0 radical (unpaired) electrons. The van der Waals surface area contributed by atoms with Gasteiger partial charge in [0.15, 0.2) is 5.76 Å². The Kier molecular flexibility index (Phi) is 4.71. The molecule has 2 aromatic rings. The molecular weight excluding hydrogens is 340 g/mol. The fourth-order valence-corrected chi connectivity index (χ4v) is 5.22. The molecule has 7 heteroatoms. The van der Waals surface area contributed by atoms with Crippen molar-refractivity contribution < 1.29 is 17.6 Å². The topological polar surface area (TPSA) is 70.8 Å². The fourth-order valence-electron chi connectivity index (χ4n) is 3.39. The number of rotatable bonds is 3. The van der Waals surface area contributed by atoms with E-state index in [1.807, 2.05) is 32.9 Å². The smallest absolute Gasteiger partial charge is 0.289 e. The van der Waals surface area contributed by atoms with Crippen molar-refractivity contribution in [1.29, 1.82) is 0 Å². The molecule has 0 aliphatic carbocycles. The number of furan rings is 1. The number of sulfonamides is 1. The van der Waals surface area contributed by atoms with E-state index in [1.54, 1.807) is 17.0 Å². The molecule has 1 aliphatic heterocycles. The molecular formula is C18H22N2O4S. The van der Waals surface area contributed by atoms with E-state index in [1.165, 1.54) is 10.6 Å². The molecule has 6 nitrogen and oxygen atoms in total. The lowest BCUT2D eigenvalue weighted by Crippen LogP contribution is -2.50. The molecule has 0 bridgehead atoms. The summed E-state index contributed by atoms with van der Waals surface area (Å²) in [5.41, 5.74) is 2.56. The molecule has 1 aromatic carbocycles. The zero-order valence-corrected chi connectivity index (χ0v) is 15.5. The molecule has 2 heterocycles. The Morgan fingerprint density at radius 3 is 2.16 bits per heavy atom. The van der Waals surface area contributed by atoms with E-state index in [-0.39, 0.29) is 24.8 Å². The van der Waals surface area contributed by atoms with Crippen molar-refractivity contribution in [1.82, 2.24) is 9.21 Å². The quantitative estimate of drug-likeness (QED) is 0.840. The molecule has 0 N–H and O–H groups in total. The highest BCUT2D eigenvalue weighted by molar-refractivity contribution is 7.89. The summed E-state index contributed by atoms with van der Waals surface area (Å²) in [6, 6.07) is 7.05. The lowest BCUT2D eigenvalue weighted by atomic mass is 10.1. The fraction of sp³-hybridized carbons (Fsp3) is 0.389. The molecule has 1 amide bonds. The predicted molar refractivity (Wildman–Crippen MR) is 94.0 cm³/mol. The van der Waals surface area contributed by atoms with Crippen LogP contribution in [0.2, 0.25) is 0 Å². The average molecular weight is 362 g/mol. The number of carbonyl (C=O) groups excluding carboxylic acids is 1. The van der Waals surface area contributed by atoms with Gasteiger partial charge in [-0.15, -0.1) is 0 Å². The number of carbonyl (C=O) groups is 1. The number of benzene rings is 1. The lowest BCUT2D eigenvalue weighted by molar-refractivity contribution is 0.0666. The molecule has 1 aliphatic rings. The molecule has 3 rings (SSSR count). The van der Waals surface area contributed by atoms with Gasteiger partial charge in [0.2, 0.25) is 10.0 Å². The molecule has 0 spiro atoms. The molecule has 134 valence electrons. The highest BCUT2D eigenvalue weighted by Crippen LogP contribution is 2.26. The summed E-state index contributed by atoms with van der Waals surface area (Å²) in [5, 5.41) is 0. The van der Waals surface area contributed by atoms with Gasteiger partial charge in [0.05, 0.1) is 11.2 Å². The Labute approximate surface area is 148 Å². The second-order valence-corrected chi connectivity index (χ2v) is 8.28. The van der Waals surface area contributed by atoms with Crippen LogP contribution in [0.1, 0.15) is 27.2 Å². The van der Waals surface area contributed by atoms with Gasteiger partial charge in [0.25, 0.3) is 5.91 Å².